The number of hydrogen-bond acceptors (Lipinski definition) is 1. The summed E-state index contributed by atoms with van der Waals surface area (Å²) in [5.74, 6) is 0.659. The lowest BCUT2D eigenvalue weighted by molar-refractivity contribution is -0.0422. The van der Waals surface area contributed by atoms with Crippen molar-refractivity contribution in [1.82, 2.24) is 0 Å². The van der Waals surface area contributed by atoms with Crippen molar-refractivity contribution in [2.24, 2.45) is 11.3 Å². The normalized spacial score (nSPS) is 15.9. The Morgan fingerprint density at radius 1 is 1.00 bits per heavy atom. The van der Waals surface area contributed by atoms with Crippen LogP contribution in [0.5, 0.6) is 0 Å². The molecule has 0 bridgehead atoms. The summed E-state index contributed by atoms with van der Waals surface area (Å²) in [5, 5.41) is 0. The molecule has 80 valence electrons. The Bertz CT molecular complexity index is 136. The van der Waals surface area contributed by atoms with Gasteiger partial charge in [0, 0.05) is 0 Å². The lowest BCUT2D eigenvalue weighted by Gasteiger charge is -2.32. The molecule has 0 rings (SSSR count). The van der Waals surface area contributed by atoms with Crippen LogP contribution in [0.4, 0.5) is 0 Å². The molecule has 0 fully saturated rings. The molecule has 0 aromatic carbocycles. The minimum Gasteiger partial charge on any atom is -0.376 e. The van der Waals surface area contributed by atoms with Crippen LogP contribution in [-0.4, -0.2) is 12.2 Å². The van der Waals surface area contributed by atoms with E-state index in [-0.39, 0.29) is 5.60 Å². The minimum atomic E-state index is -0.00132. The van der Waals surface area contributed by atoms with Gasteiger partial charge in [0.2, 0.25) is 0 Å². The number of rotatable bonds is 3. The summed E-state index contributed by atoms with van der Waals surface area (Å²) >= 11 is 0. The van der Waals surface area contributed by atoms with Gasteiger partial charge >= 0.3 is 0 Å². The summed E-state index contributed by atoms with van der Waals surface area (Å²) in [4.78, 5) is 0. The number of hydrogen-bond donors (Lipinski definition) is 0. The molecule has 0 N–H and O–H groups in total. The van der Waals surface area contributed by atoms with Gasteiger partial charge < -0.3 is 4.74 Å². The Morgan fingerprint density at radius 3 is 1.69 bits per heavy atom. The van der Waals surface area contributed by atoms with Gasteiger partial charge in [0.25, 0.3) is 0 Å². The SMILES string of the molecule is CC[C@H](COC(C)(C)C)C(C)(C)C. The molecule has 0 aromatic rings. The molecule has 0 spiro atoms. The molecule has 0 aliphatic rings. The van der Waals surface area contributed by atoms with Gasteiger partial charge in [0.1, 0.15) is 0 Å². The second-order valence-corrected chi connectivity index (χ2v) is 5.89. The molecule has 0 saturated heterocycles. The Morgan fingerprint density at radius 2 is 1.46 bits per heavy atom. The monoisotopic (exact) mass is 186 g/mol. The van der Waals surface area contributed by atoms with E-state index in [2.05, 4.69) is 48.5 Å². The summed E-state index contributed by atoms with van der Waals surface area (Å²) in [6, 6.07) is 0. The van der Waals surface area contributed by atoms with Gasteiger partial charge in [0.05, 0.1) is 12.2 Å². The van der Waals surface area contributed by atoms with Gasteiger partial charge in [-0.1, -0.05) is 34.1 Å². The van der Waals surface area contributed by atoms with Gasteiger partial charge in [-0.05, 0) is 32.1 Å². The van der Waals surface area contributed by atoms with E-state index in [4.69, 9.17) is 4.74 Å². The van der Waals surface area contributed by atoms with Crippen LogP contribution in [0.1, 0.15) is 54.9 Å². The van der Waals surface area contributed by atoms with Gasteiger partial charge in [-0.15, -0.1) is 0 Å². The maximum absolute atomic E-state index is 5.81. The Labute approximate surface area is 83.9 Å². The zero-order chi connectivity index (χ0) is 10.7. The topological polar surface area (TPSA) is 9.23 Å². The first-order valence-electron chi connectivity index (χ1n) is 5.31. The minimum absolute atomic E-state index is 0.00132. The highest BCUT2D eigenvalue weighted by molar-refractivity contribution is 4.73. The zero-order valence-corrected chi connectivity index (χ0v) is 10.4. The fraction of sp³-hybridized carbons (Fsp3) is 1.00. The highest BCUT2D eigenvalue weighted by Crippen LogP contribution is 2.29. The lowest BCUT2D eigenvalue weighted by atomic mass is 9.79. The Kier molecular flexibility index (Phi) is 4.44. The molecule has 0 heterocycles. The molecule has 0 aromatic heterocycles. The lowest BCUT2D eigenvalue weighted by Crippen LogP contribution is -2.29. The molecule has 0 unspecified atom stereocenters. The molecule has 0 saturated carbocycles. The third-order valence-electron chi connectivity index (χ3n) is 2.44. The van der Waals surface area contributed by atoms with Crippen LogP contribution in [-0.2, 0) is 4.74 Å². The molecular formula is C12H26O. The van der Waals surface area contributed by atoms with Gasteiger partial charge in [-0.25, -0.2) is 0 Å². The summed E-state index contributed by atoms with van der Waals surface area (Å²) in [6.07, 6.45) is 1.19. The van der Waals surface area contributed by atoms with Crippen molar-refractivity contribution in [1.29, 1.82) is 0 Å². The summed E-state index contributed by atoms with van der Waals surface area (Å²) in [7, 11) is 0. The predicted octanol–water partition coefficient (Wildman–Crippen LogP) is 3.87. The average Bonchev–Trinajstić information content (AvgIpc) is 1.82. The van der Waals surface area contributed by atoms with E-state index in [9.17, 15) is 0 Å². The summed E-state index contributed by atoms with van der Waals surface area (Å²) in [5.41, 5.74) is 0.360. The first kappa shape index (κ1) is 13.0. The van der Waals surface area contributed by atoms with Crippen LogP contribution in [0.2, 0.25) is 0 Å². The second-order valence-electron chi connectivity index (χ2n) is 5.89. The van der Waals surface area contributed by atoms with E-state index in [1.165, 1.54) is 6.42 Å². The van der Waals surface area contributed by atoms with E-state index in [0.717, 1.165) is 6.61 Å². The highest BCUT2D eigenvalue weighted by atomic mass is 16.5. The van der Waals surface area contributed by atoms with Crippen molar-refractivity contribution in [3.63, 3.8) is 0 Å². The van der Waals surface area contributed by atoms with Gasteiger partial charge in [-0.2, -0.15) is 0 Å². The molecule has 0 radical (unpaired) electrons. The third-order valence-corrected chi connectivity index (χ3v) is 2.44. The molecule has 13 heavy (non-hydrogen) atoms. The molecule has 0 amide bonds. The van der Waals surface area contributed by atoms with Crippen molar-refractivity contribution < 1.29 is 4.74 Å². The van der Waals surface area contributed by atoms with Crippen molar-refractivity contribution in [3.05, 3.63) is 0 Å². The second kappa shape index (κ2) is 4.45. The first-order chi connectivity index (χ1) is 5.67. The highest BCUT2D eigenvalue weighted by Gasteiger charge is 2.24. The molecule has 1 heteroatoms. The predicted molar refractivity (Wildman–Crippen MR) is 58.9 cm³/mol. The van der Waals surface area contributed by atoms with Crippen molar-refractivity contribution in [2.45, 2.75) is 60.5 Å². The van der Waals surface area contributed by atoms with Crippen molar-refractivity contribution in [3.8, 4) is 0 Å². The zero-order valence-electron chi connectivity index (χ0n) is 10.4. The first-order valence-corrected chi connectivity index (χ1v) is 5.31. The smallest absolute Gasteiger partial charge is 0.0598 e. The Balaban J connectivity index is 4.02. The molecule has 0 aliphatic carbocycles. The molecule has 0 aliphatic heterocycles. The van der Waals surface area contributed by atoms with Crippen LogP contribution in [0.25, 0.3) is 0 Å². The van der Waals surface area contributed by atoms with Crippen molar-refractivity contribution in [2.75, 3.05) is 6.61 Å². The van der Waals surface area contributed by atoms with E-state index in [1.54, 1.807) is 0 Å². The molecule has 1 atom stereocenters. The Hall–Kier alpha value is -0.0400. The maximum atomic E-state index is 5.81. The molecule has 1 nitrogen and oxygen atoms in total. The van der Waals surface area contributed by atoms with Crippen LogP contribution in [0.3, 0.4) is 0 Å². The van der Waals surface area contributed by atoms with Crippen LogP contribution < -0.4 is 0 Å². The van der Waals surface area contributed by atoms with E-state index < -0.39 is 0 Å². The summed E-state index contributed by atoms with van der Waals surface area (Å²) in [6.45, 7) is 16.3. The quantitative estimate of drug-likeness (QED) is 0.650. The van der Waals surface area contributed by atoms with Crippen LogP contribution in [0, 0.1) is 11.3 Å². The summed E-state index contributed by atoms with van der Waals surface area (Å²) < 4.78 is 5.81. The number of ether oxygens (including phenoxy) is 1. The fourth-order valence-corrected chi connectivity index (χ4v) is 1.33. The van der Waals surface area contributed by atoms with Crippen molar-refractivity contribution >= 4 is 0 Å². The van der Waals surface area contributed by atoms with Crippen LogP contribution in [0.15, 0.2) is 0 Å². The average molecular weight is 186 g/mol. The van der Waals surface area contributed by atoms with E-state index in [1.807, 2.05) is 0 Å². The van der Waals surface area contributed by atoms with Gasteiger partial charge in [0.15, 0.2) is 0 Å². The van der Waals surface area contributed by atoms with Crippen LogP contribution >= 0.6 is 0 Å². The van der Waals surface area contributed by atoms with Gasteiger partial charge in [-0.3, -0.25) is 0 Å². The largest absolute Gasteiger partial charge is 0.376 e. The van der Waals surface area contributed by atoms with E-state index in [0.29, 0.717) is 11.3 Å². The molecular weight excluding hydrogens is 160 g/mol. The third kappa shape index (κ3) is 6.09. The standard InChI is InChI=1S/C12H26O/c1-8-10(11(2,3)4)9-13-12(5,6)7/h10H,8-9H2,1-7H3/t10-/m1/s1. The maximum Gasteiger partial charge on any atom is 0.0598 e. The van der Waals surface area contributed by atoms with E-state index >= 15 is 0 Å². The fourth-order valence-electron chi connectivity index (χ4n) is 1.33.